The standard InChI is InChI=1S/C14H19N3O3/c1-2-3-4-9-16-13(19)14(20)17-12(18)10-5-7-11(15)8-6-10/h5-8H,2-4,9,15H2,1H3,(H,16,19)(H,17,18,20). The molecule has 6 heteroatoms. The summed E-state index contributed by atoms with van der Waals surface area (Å²) in [6, 6.07) is 6.06. The average molecular weight is 277 g/mol. The van der Waals surface area contributed by atoms with Crippen LogP contribution < -0.4 is 16.4 Å². The maximum absolute atomic E-state index is 11.7. The third kappa shape index (κ3) is 5.09. The number of benzene rings is 1. The molecule has 0 saturated heterocycles. The van der Waals surface area contributed by atoms with E-state index in [2.05, 4.69) is 5.32 Å². The molecular formula is C14H19N3O3. The van der Waals surface area contributed by atoms with Crippen LogP contribution in [-0.2, 0) is 9.59 Å². The molecule has 20 heavy (non-hydrogen) atoms. The van der Waals surface area contributed by atoms with Crippen molar-refractivity contribution in [2.45, 2.75) is 26.2 Å². The van der Waals surface area contributed by atoms with Gasteiger partial charge in [0.2, 0.25) is 0 Å². The van der Waals surface area contributed by atoms with Gasteiger partial charge in [-0.3, -0.25) is 19.7 Å². The molecule has 6 nitrogen and oxygen atoms in total. The first-order chi connectivity index (χ1) is 9.54. The van der Waals surface area contributed by atoms with Crippen LogP contribution in [-0.4, -0.2) is 24.3 Å². The third-order valence-corrected chi connectivity index (χ3v) is 2.67. The van der Waals surface area contributed by atoms with Gasteiger partial charge in [-0.15, -0.1) is 0 Å². The molecule has 108 valence electrons. The zero-order valence-corrected chi connectivity index (χ0v) is 11.4. The lowest BCUT2D eigenvalue weighted by molar-refractivity contribution is -0.138. The predicted molar refractivity (Wildman–Crippen MR) is 75.9 cm³/mol. The molecule has 1 rings (SSSR count). The number of nitrogen functional groups attached to an aromatic ring is 1. The van der Waals surface area contributed by atoms with Gasteiger partial charge in [-0.1, -0.05) is 19.8 Å². The summed E-state index contributed by atoms with van der Waals surface area (Å²) in [5.41, 5.74) is 6.28. The Labute approximate surface area is 117 Å². The van der Waals surface area contributed by atoms with Gasteiger partial charge in [-0.2, -0.15) is 0 Å². The lowest BCUT2D eigenvalue weighted by atomic mass is 10.2. The van der Waals surface area contributed by atoms with Gasteiger partial charge < -0.3 is 11.1 Å². The van der Waals surface area contributed by atoms with Gasteiger partial charge in [0.25, 0.3) is 5.91 Å². The van der Waals surface area contributed by atoms with E-state index in [0.29, 0.717) is 12.2 Å². The van der Waals surface area contributed by atoms with E-state index < -0.39 is 17.7 Å². The fourth-order valence-electron chi connectivity index (χ4n) is 1.52. The molecule has 0 bridgehead atoms. The summed E-state index contributed by atoms with van der Waals surface area (Å²) in [6.07, 6.45) is 2.81. The highest BCUT2D eigenvalue weighted by Crippen LogP contribution is 2.04. The number of carbonyl (C=O) groups excluding carboxylic acids is 3. The summed E-state index contributed by atoms with van der Waals surface area (Å²) in [5.74, 6) is -2.38. The molecule has 0 spiro atoms. The smallest absolute Gasteiger partial charge is 0.316 e. The molecule has 0 fully saturated rings. The highest BCUT2D eigenvalue weighted by atomic mass is 16.2. The highest BCUT2D eigenvalue weighted by molar-refractivity contribution is 6.38. The monoisotopic (exact) mass is 277 g/mol. The second kappa shape index (κ2) is 7.93. The number of anilines is 1. The molecule has 1 aromatic carbocycles. The van der Waals surface area contributed by atoms with Crippen molar-refractivity contribution in [3.05, 3.63) is 29.8 Å². The Morgan fingerprint density at radius 3 is 2.30 bits per heavy atom. The number of amides is 3. The van der Waals surface area contributed by atoms with Crippen LogP contribution in [0.15, 0.2) is 24.3 Å². The number of carbonyl (C=O) groups is 3. The van der Waals surface area contributed by atoms with Crippen molar-refractivity contribution in [2.75, 3.05) is 12.3 Å². The minimum Gasteiger partial charge on any atom is -0.399 e. The highest BCUT2D eigenvalue weighted by Gasteiger charge is 2.16. The molecule has 0 aliphatic carbocycles. The Morgan fingerprint density at radius 1 is 1.05 bits per heavy atom. The van der Waals surface area contributed by atoms with Crippen LogP contribution in [0, 0.1) is 0 Å². The van der Waals surface area contributed by atoms with Gasteiger partial charge >= 0.3 is 11.8 Å². The molecule has 0 unspecified atom stereocenters. The van der Waals surface area contributed by atoms with Crippen molar-refractivity contribution < 1.29 is 14.4 Å². The van der Waals surface area contributed by atoms with Crippen molar-refractivity contribution in [3.8, 4) is 0 Å². The summed E-state index contributed by atoms with van der Waals surface area (Å²) >= 11 is 0. The van der Waals surface area contributed by atoms with Gasteiger partial charge in [0.1, 0.15) is 0 Å². The van der Waals surface area contributed by atoms with Crippen LogP contribution in [0.1, 0.15) is 36.5 Å². The van der Waals surface area contributed by atoms with Gasteiger partial charge in [-0.25, -0.2) is 0 Å². The second-order valence-corrected chi connectivity index (χ2v) is 4.37. The summed E-state index contributed by atoms with van der Waals surface area (Å²) in [7, 11) is 0. The van der Waals surface area contributed by atoms with Crippen molar-refractivity contribution in [1.82, 2.24) is 10.6 Å². The van der Waals surface area contributed by atoms with Gasteiger partial charge in [-0.05, 0) is 30.7 Å². The van der Waals surface area contributed by atoms with Crippen LogP contribution >= 0.6 is 0 Å². The fraction of sp³-hybridized carbons (Fsp3) is 0.357. The third-order valence-electron chi connectivity index (χ3n) is 2.67. The van der Waals surface area contributed by atoms with E-state index in [0.717, 1.165) is 19.3 Å². The van der Waals surface area contributed by atoms with Crippen LogP contribution in [0.5, 0.6) is 0 Å². The normalized spacial score (nSPS) is 9.85. The average Bonchev–Trinajstić information content (AvgIpc) is 2.44. The maximum atomic E-state index is 11.7. The van der Waals surface area contributed by atoms with E-state index in [1.807, 2.05) is 12.2 Å². The lowest BCUT2D eigenvalue weighted by Crippen LogP contribution is -2.42. The first-order valence-electron chi connectivity index (χ1n) is 6.53. The topological polar surface area (TPSA) is 101 Å². The minimum absolute atomic E-state index is 0.270. The van der Waals surface area contributed by atoms with Crippen molar-refractivity contribution >= 4 is 23.4 Å². The van der Waals surface area contributed by atoms with Gasteiger partial charge in [0, 0.05) is 17.8 Å². The molecule has 0 heterocycles. The summed E-state index contributed by atoms with van der Waals surface area (Å²) < 4.78 is 0. The summed E-state index contributed by atoms with van der Waals surface area (Å²) in [4.78, 5) is 34.6. The zero-order valence-electron chi connectivity index (χ0n) is 11.4. The fourth-order valence-corrected chi connectivity index (χ4v) is 1.52. The van der Waals surface area contributed by atoms with E-state index in [1.54, 1.807) is 12.1 Å². The molecule has 0 atom stereocenters. The van der Waals surface area contributed by atoms with E-state index in [4.69, 9.17) is 5.73 Å². The number of imide groups is 1. The molecule has 0 aromatic heterocycles. The predicted octanol–water partition coefficient (Wildman–Crippen LogP) is 0.832. The Hall–Kier alpha value is -2.37. The Kier molecular flexibility index (Phi) is 6.22. The first kappa shape index (κ1) is 15.7. The Bertz CT molecular complexity index is 483. The number of nitrogens with two attached hydrogens (primary N) is 1. The van der Waals surface area contributed by atoms with Crippen LogP contribution in [0.3, 0.4) is 0 Å². The molecule has 1 aromatic rings. The Morgan fingerprint density at radius 2 is 1.70 bits per heavy atom. The molecule has 0 radical (unpaired) electrons. The number of hydrogen-bond acceptors (Lipinski definition) is 4. The molecule has 0 aliphatic heterocycles. The van der Waals surface area contributed by atoms with E-state index in [-0.39, 0.29) is 5.56 Å². The van der Waals surface area contributed by atoms with Crippen molar-refractivity contribution in [1.29, 1.82) is 0 Å². The van der Waals surface area contributed by atoms with Gasteiger partial charge in [0.15, 0.2) is 0 Å². The second-order valence-electron chi connectivity index (χ2n) is 4.37. The van der Waals surface area contributed by atoms with Crippen LogP contribution in [0.4, 0.5) is 5.69 Å². The van der Waals surface area contributed by atoms with E-state index in [1.165, 1.54) is 12.1 Å². The maximum Gasteiger partial charge on any atom is 0.316 e. The quantitative estimate of drug-likeness (QED) is 0.421. The van der Waals surface area contributed by atoms with Crippen molar-refractivity contribution in [2.24, 2.45) is 0 Å². The van der Waals surface area contributed by atoms with Crippen LogP contribution in [0.25, 0.3) is 0 Å². The lowest BCUT2D eigenvalue weighted by Gasteiger charge is -2.05. The zero-order chi connectivity index (χ0) is 15.0. The molecular weight excluding hydrogens is 258 g/mol. The molecule has 0 saturated carbocycles. The van der Waals surface area contributed by atoms with Crippen molar-refractivity contribution in [3.63, 3.8) is 0 Å². The Balaban J connectivity index is 2.43. The van der Waals surface area contributed by atoms with E-state index >= 15 is 0 Å². The number of unbranched alkanes of at least 4 members (excludes halogenated alkanes) is 2. The summed E-state index contributed by atoms with van der Waals surface area (Å²) in [6.45, 7) is 2.47. The van der Waals surface area contributed by atoms with Crippen LogP contribution in [0.2, 0.25) is 0 Å². The number of rotatable bonds is 5. The molecule has 4 N–H and O–H groups in total. The minimum atomic E-state index is -0.955. The molecule has 3 amide bonds. The first-order valence-corrected chi connectivity index (χ1v) is 6.53. The van der Waals surface area contributed by atoms with Gasteiger partial charge in [0.05, 0.1) is 0 Å². The molecule has 0 aliphatic rings. The number of nitrogens with one attached hydrogen (secondary N) is 2. The summed E-state index contributed by atoms with van der Waals surface area (Å²) in [5, 5.41) is 4.49. The number of hydrogen-bond donors (Lipinski definition) is 3. The SMILES string of the molecule is CCCCCNC(=O)C(=O)NC(=O)c1ccc(N)cc1. The largest absolute Gasteiger partial charge is 0.399 e. The van der Waals surface area contributed by atoms with E-state index in [9.17, 15) is 14.4 Å².